The van der Waals surface area contributed by atoms with Gasteiger partial charge >= 0.3 is 0 Å². The van der Waals surface area contributed by atoms with Crippen molar-refractivity contribution in [2.24, 2.45) is 0 Å². The molecule has 5 nitrogen and oxygen atoms in total. The summed E-state index contributed by atoms with van der Waals surface area (Å²) in [6.45, 7) is 6.05. The van der Waals surface area contributed by atoms with E-state index in [1.165, 1.54) is 51.4 Å². The summed E-state index contributed by atoms with van der Waals surface area (Å²) in [5.41, 5.74) is 0. The molecule has 0 unspecified atom stereocenters. The van der Waals surface area contributed by atoms with Gasteiger partial charge in [-0.05, 0) is 25.0 Å². The number of benzene rings is 1. The van der Waals surface area contributed by atoms with Crippen molar-refractivity contribution in [1.29, 1.82) is 0 Å². The molecule has 0 atom stereocenters. The third kappa shape index (κ3) is 21.6. The SMILES string of the molecule is CCCCCCCCCCCCOS(=O)(=O)c1ccccc1.CCCCOCCO.[Na]. The van der Waals surface area contributed by atoms with Gasteiger partial charge in [-0.15, -0.1) is 0 Å². The largest absolute Gasteiger partial charge is 0.394 e. The molecule has 0 aliphatic heterocycles. The van der Waals surface area contributed by atoms with E-state index in [0.29, 0.717) is 6.61 Å². The van der Waals surface area contributed by atoms with Crippen molar-refractivity contribution in [2.45, 2.75) is 95.8 Å². The van der Waals surface area contributed by atoms with E-state index in [2.05, 4.69) is 13.8 Å². The zero-order valence-corrected chi connectivity index (χ0v) is 23.0. The van der Waals surface area contributed by atoms with Crippen LogP contribution in [0.2, 0.25) is 0 Å². The molecule has 31 heavy (non-hydrogen) atoms. The monoisotopic (exact) mass is 467 g/mol. The number of hydrogen-bond acceptors (Lipinski definition) is 5. The molecule has 0 aliphatic rings. The quantitative estimate of drug-likeness (QED) is 0.170. The van der Waals surface area contributed by atoms with Crippen LogP contribution in [0.25, 0.3) is 0 Å². The Kier molecular flexibility index (Phi) is 26.5. The molecular weight excluding hydrogens is 423 g/mol. The molecule has 0 saturated heterocycles. The van der Waals surface area contributed by atoms with Crippen LogP contribution in [0.15, 0.2) is 35.2 Å². The van der Waals surface area contributed by atoms with Gasteiger partial charge in [-0.1, -0.05) is 96.3 Å². The maximum absolute atomic E-state index is 11.9. The normalized spacial score (nSPS) is 10.8. The van der Waals surface area contributed by atoms with Gasteiger partial charge in [0, 0.05) is 36.2 Å². The van der Waals surface area contributed by atoms with Crippen LogP contribution in [0.1, 0.15) is 90.9 Å². The van der Waals surface area contributed by atoms with Crippen LogP contribution >= 0.6 is 0 Å². The Morgan fingerprint density at radius 2 is 1.23 bits per heavy atom. The third-order valence-electron chi connectivity index (χ3n) is 4.65. The fourth-order valence-electron chi connectivity index (χ4n) is 2.83. The summed E-state index contributed by atoms with van der Waals surface area (Å²) in [5.74, 6) is 0. The maximum Gasteiger partial charge on any atom is 0.296 e. The van der Waals surface area contributed by atoms with Crippen LogP contribution in [0, 0.1) is 0 Å². The first-order valence-corrected chi connectivity index (χ1v) is 13.1. The van der Waals surface area contributed by atoms with Gasteiger partial charge in [-0.2, -0.15) is 8.42 Å². The van der Waals surface area contributed by atoms with E-state index in [1.54, 1.807) is 30.3 Å². The number of aliphatic hydroxyl groups is 1. The third-order valence-corrected chi connectivity index (χ3v) is 5.97. The van der Waals surface area contributed by atoms with Crippen molar-refractivity contribution in [2.75, 3.05) is 26.4 Å². The molecule has 1 radical (unpaired) electrons. The van der Waals surface area contributed by atoms with Gasteiger partial charge in [-0.25, -0.2) is 0 Å². The van der Waals surface area contributed by atoms with Gasteiger partial charge in [0.1, 0.15) is 0 Å². The Balaban J connectivity index is 0. The van der Waals surface area contributed by atoms with Crippen molar-refractivity contribution in [3.63, 3.8) is 0 Å². The van der Waals surface area contributed by atoms with E-state index >= 15 is 0 Å². The number of aliphatic hydroxyl groups excluding tert-OH is 1. The van der Waals surface area contributed by atoms with Crippen molar-refractivity contribution >= 4 is 39.7 Å². The van der Waals surface area contributed by atoms with Gasteiger partial charge in [-0.3, -0.25) is 4.18 Å². The van der Waals surface area contributed by atoms with Gasteiger partial charge in [0.25, 0.3) is 10.1 Å². The molecule has 0 aliphatic carbocycles. The van der Waals surface area contributed by atoms with Gasteiger partial charge in [0.05, 0.1) is 24.7 Å². The van der Waals surface area contributed by atoms with Gasteiger partial charge in [0.2, 0.25) is 0 Å². The summed E-state index contributed by atoms with van der Waals surface area (Å²) in [4.78, 5) is 0.238. The smallest absolute Gasteiger partial charge is 0.296 e. The van der Waals surface area contributed by atoms with Gasteiger partial charge in [0.15, 0.2) is 0 Å². The van der Waals surface area contributed by atoms with Crippen LogP contribution in [0.4, 0.5) is 0 Å². The Morgan fingerprint density at radius 1 is 0.710 bits per heavy atom. The van der Waals surface area contributed by atoms with Crippen molar-refractivity contribution in [3.05, 3.63) is 30.3 Å². The molecule has 1 aromatic rings. The number of hydrogen-bond donors (Lipinski definition) is 1. The minimum absolute atomic E-state index is 0. The summed E-state index contributed by atoms with van der Waals surface area (Å²) in [5, 5.41) is 8.24. The van der Waals surface area contributed by atoms with E-state index in [0.717, 1.165) is 32.3 Å². The van der Waals surface area contributed by atoms with E-state index in [4.69, 9.17) is 14.0 Å². The zero-order valence-electron chi connectivity index (χ0n) is 20.2. The minimum Gasteiger partial charge on any atom is -0.394 e. The first kappa shape index (κ1) is 33.2. The predicted octanol–water partition coefficient (Wildman–Crippen LogP) is 5.73. The summed E-state index contributed by atoms with van der Waals surface area (Å²) in [6.07, 6.45) is 14.5. The molecule has 0 amide bonds. The van der Waals surface area contributed by atoms with E-state index in [1.807, 2.05) is 0 Å². The zero-order chi connectivity index (χ0) is 22.3. The molecule has 177 valence electrons. The van der Waals surface area contributed by atoms with E-state index < -0.39 is 10.1 Å². The van der Waals surface area contributed by atoms with Crippen LogP contribution in [-0.4, -0.2) is 69.5 Å². The summed E-state index contributed by atoms with van der Waals surface area (Å²) >= 11 is 0. The fourth-order valence-corrected chi connectivity index (χ4v) is 3.79. The summed E-state index contributed by atoms with van der Waals surface area (Å²) < 4.78 is 33.8. The van der Waals surface area contributed by atoms with Gasteiger partial charge < -0.3 is 9.84 Å². The first-order chi connectivity index (χ1) is 14.6. The van der Waals surface area contributed by atoms with E-state index in [9.17, 15) is 8.42 Å². The van der Waals surface area contributed by atoms with Crippen LogP contribution < -0.4 is 0 Å². The first-order valence-electron chi connectivity index (χ1n) is 11.7. The van der Waals surface area contributed by atoms with Crippen molar-refractivity contribution < 1.29 is 22.4 Å². The molecule has 0 heterocycles. The summed E-state index contributed by atoms with van der Waals surface area (Å²) in [7, 11) is -3.57. The van der Waals surface area contributed by atoms with Crippen LogP contribution in [-0.2, 0) is 19.0 Å². The second kappa shape index (κ2) is 24.7. The van der Waals surface area contributed by atoms with Crippen molar-refractivity contribution in [3.8, 4) is 0 Å². The Hall–Kier alpha value is 0.0500. The van der Waals surface area contributed by atoms with Crippen LogP contribution in [0.3, 0.4) is 0 Å². The predicted molar refractivity (Wildman–Crippen MR) is 130 cm³/mol. The van der Waals surface area contributed by atoms with Crippen molar-refractivity contribution in [1.82, 2.24) is 0 Å². The molecule has 0 aromatic heterocycles. The molecule has 1 rings (SSSR count). The Labute approximate surface area is 213 Å². The maximum atomic E-state index is 11.9. The summed E-state index contributed by atoms with van der Waals surface area (Å²) in [6, 6.07) is 8.33. The topological polar surface area (TPSA) is 72.8 Å². The second-order valence-electron chi connectivity index (χ2n) is 7.46. The van der Waals surface area contributed by atoms with Crippen LogP contribution in [0.5, 0.6) is 0 Å². The molecule has 0 bridgehead atoms. The molecular formula is C24H44NaO5S. The standard InChI is InChI=1S/C18H30O3S.C6H14O2.Na/c1-2-3-4-5-6-7-8-9-10-14-17-21-22(19,20)18-15-12-11-13-16-18;1-2-3-5-8-6-4-7;/h11-13,15-16H,2-10,14,17H2,1H3;7H,2-6H2,1H3;. The molecule has 0 spiro atoms. The average molecular weight is 468 g/mol. The average Bonchev–Trinajstić information content (AvgIpc) is 2.76. The minimum atomic E-state index is -3.57. The molecule has 0 fully saturated rings. The molecule has 1 N–H and O–H groups in total. The second-order valence-corrected chi connectivity index (χ2v) is 9.08. The van der Waals surface area contributed by atoms with E-state index in [-0.39, 0.29) is 47.7 Å². The molecule has 0 saturated carbocycles. The Bertz CT molecular complexity index is 561. The number of unbranched alkanes of at least 4 members (excludes halogenated alkanes) is 10. The number of ether oxygens (including phenoxy) is 1. The Morgan fingerprint density at radius 3 is 1.74 bits per heavy atom. The number of rotatable bonds is 18. The molecule has 1 aromatic carbocycles. The molecule has 7 heteroatoms. The fraction of sp³-hybridized carbons (Fsp3) is 0.750.